The normalized spacial score (nSPS) is 23.2. The van der Waals surface area contributed by atoms with E-state index in [0.29, 0.717) is 0 Å². The van der Waals surface area contributed by atoms with Crippen molar-refractivity contribution in [1.29, 1.82) is 0 Å². The lowest BCUT2D eigenvalue weighted by molar-refractivity contribution is 0.133. The monoisotopic (exact) mass is 282 g/mol. The minimum Gasteiger partial charge on any atom is -0.509 e. The molecule has 3 nitrogen and oxygen atoms in total. The van der Waals surface area contributed by atoms with Crippen LogP contribution in [0.4, 0.5) is 5.69 Å². The Hall–Kier alpha value is -1.09. The van der Waals surface area contributed by atoms with Gasteiger partial charge in [-0.2, -0.15) is 0 Å². The Morgan fingerprint density at radius 1 is 1.29 bits per heavy atom. The van der Waals surface area contributed by atoms with Crippen LogP contribution in [0.25, 0.3) is 0 Å². The summed E-state index contributed by atoms with van der Waals surface area (Å²) in [5.74, 6) is 1.45. The van der Waals surface area contributed by atoms with Gasteiger partial charge < -0.3 is 10.1 Å². The molecule has 1 aliphatic rings. The third-order valence-corrected chi connectivity index (χ3v) is 3.96. The highest BCUT2D eigenvalue weighted by Crippen LogP contribution is 2.28. The molecule has 1 heterocycles. The second-order valence-corrected chi connectivity index (χ2v) is 6.30. The van der Waals surface area contributed by atoms with E-state index < -0.39 is 5.90 Å². The third kappa shape index (κ3) is 4.70. The van der Waals surface area contributed by atoms with Crippen LogP contribution >= 0.6 is 0 Å². The minimum absolute atomic E-state index is 0.742. The number of hydrogen-bond donors (Lipinski definition) is 1. The summed E-state index contributed by atoms with van der Waals surface area (Å²) in [4.78, 5) is 2.49. The van der Waals surface area contributed by atoms with Crippen LogP contribution < -0.4 is 10.1 Å². The maximum Gasteiger partial charge on any atom is 0.123 e. The number of likely N-dealkylation sites (tertiary alicyclic amines) is 1. The molecule has 1 N–H and O–H groups in total. The van der Waals surface area contributed by atoms with E-state index in [9.17, 15) is 0 Å². The molecule has 2 unspecified atom stereocenters. The van der Waals surface area contributed by atoms with Crippen molar-refractivity contribution in [2.24, 2.45) is 11.8 Å². The second kappa shape index (κ2) is 7.26. The van der Waals surface area contributed by atoms with Crippen LogP contribution in [0.5, 0.6) is 5.75 Å². The molecule has 4 radical (unpaired) electrons. The molecule has 2 rings (SSSR count). The zero-order valence-electron chi connectivity index (χ0n) is 13.3. The Kier molecular flexibility index (Phi) is 5.63. The molecule has 1 aromatic carbocycles. The first-order valence-corrected chi connectivity index (χ1v) is 7.68. The number of benzene rings is 1. The number of hydrogen-bond acceptors (Lipinski definition) is 3. The molecule has 1 saturated heterocycles. The lowest BCUT2D eigenvalue weighted by atomic mass is 9.82. The van der Waals surface area contributed by atoms with Gasteiger partial charge in [-0.1, -0.05) is 19.9 Å². The van der Waals surface area contributed by atoms with E-state index >= 15 is 0 Å². The van der Waals surface area contributed by atoms with Crippen molar-refractivity contribution in [2.75, 3.05) is 25.5 Å². The van der Waals surface area contributed by atoms with Gasteiger partial charge in [0.25, 0.3) is 0 Å². The summed E-state index contributed by atoms with van der Waals surface area (Å²) < 4.78 is 5.57. The van der Waals surface area contributed by atoms with Crippen LogP contribution in [0.1, 0.15) is 25.8 Å². The molecule has 1 fully saturated rings. The van der Waals surface area contributed by atoms with E-state index in [1.54, 1.807) is 0 Å². The fourth-order valence-corrected chi connectivity index (χ4v) is 3.26. The number of ether oxygens (including phenoxy) is 1. The highest BCUT2D eigenvalue weighted by atomic mass is 16.5. The van der Waals surface area contributed by atoms with E-state index in [1.165, 1.54) is 6.42 Å². The van der Waals surface area contributed by atoms with Crippen LogP contribution in [-0.4, -0.2) is 46.6 Å². The summed E-state index contributed by atoms with van der Waals surface area (Å²) in [6.45, 7) is 7.78. The van der Waals surface area contributed by atoms with Crippen LogP contribution in [-0.2, 0) is 6.54 Å². The Bertz CT molecular complexity index is 458. The van der Waals surface area contributed by atoms with Crippen molar-refractivity contribution in [3.05, 3.63) is 23.8 Å². The Morgan fingerprint density at radius 2 is 1.95 bits per heavy atom. The van der Waals surface area contributed by atoms with Gasteiger partial charge in [0, 0.05) is 49.9 Å². The smallest absolute Gasteiger partial charge is 0.123 e. The van der Waals surface area contributed by atoms with Crippen molar-refractivity contribution in [1.82, 2.24) is 4.90 Å². The number of rotatable bonds is 5. The summed E-state index contributed by atoms with van der Waals surface area (Å²) in [5.41, 5.74) is 2.13. The predicted octanol–water partition coefficient (Wildman–Crippen LogP) is 2.21. The van der Waals surface area contributed by atoms with Crippen molar-refractivity contribution >= 4 is 21.4 Å². The molecule has 0 amide bonds. The predicted molar refractivity (Wildman–Crippen MR) is 90.1 cm³/mol. The first-order valence-electron chi connectivity index (χ1n) is 7.68. The number of anilines is 1. The molecule has 110 valence electrons. The zero-order valence-corrected chi connectivity index (χ0v) is 13.3. The topological polar surface area (TPSA) is 24.5 Å². The molecule has 0 bridgehead atoms. The fraction of sp³-hybridized carbons (Fsp3) is 0.625. The molecule has 21 heavy (non-hydrogen) atoms. The summed E-state index contributed by atoms with van der Waals surface area (Å²) in [5, 5.41) is 3.11. The average molecular weight is 282 g/mol. The molecule has 5 heteroatoms. The van der Waals surface area contributed by atoms with Crippen LogP contribution in [0.15, 0.2) is 18.2 Å². The van der Waals surface area contributed by atoms with Gasteiger partial charge in [-0.3, -0.25) is 4.90 Å². The van der Waals surface area contributed by atoms with E-state index in [0.717, 1.165) is 48.5 Å². The molecule has 1 aliphatic heterocycles. The van der Waals surface area contributed by atoms with Crippen molar-refractivity contribution in [2.45, 2.75) is 32.7 Å². The lowest BCUT2D eigenvalue weighted by Crippen LogP contribution is -2.38. The Balaban J connectivity index is 2.14. The standard InChI is InChI=1S/C16H24B2N2O/c1-11-6-12(2)9-20(8-11)10-13-4-5-14(19-3)7-15(13)21-16(17)18/h4-5,7,11-12,16,19H,6,8-10H2,1-3H3. The first kappa shape index (κ1) is 16.3. The van der Waals surface area contributed by atoms with Crippen molar-refractivity contribution in [3.8, 4) is 5.75 Å². The van der Waals surface area contributed by atoms with E-state index in [-0.39, 0.29) is 0 Å². The highest BCUT2D eigenvalue weighted by Gasteiger charge is 2.22. The fourth-order valence-electron chi connectivity index (χ4n) is 3.26. The number of nitrogens with one attached hydrogen (secondary N) is 1. The largest absolute Gasteiger partial charge is 0.509 e. The van der Waals surface area contributed by atoms with E-state index in [1.807, 2.05) is 13.1 Å². The molecule has 0 spiro atoms. The minimum atomic E-state index is -0.796. The first-order chi connectivity index (χ1) is 9.97. The van der Waals surface area contributed by atoms with Gasteiger partial charge in [0.15, 0.2) is 0 Å². The van der Waals surface area contributed by atoms with E-state index in [4.69, 9.17) is 20.4 Å². The Morgan fingerprint density at radius 3 is 2.52 bits per heavy atom. The molecular weight excluding hydrogens is 258 g/mol. The summed E-state index contributed by atoms with van der Waals surface area (Å²) >= 11 is 0. The number of piperidine rings is 1. The van der Waals surface area contributed by atoms with Crippen LogP contribution in [0.3, 0.4) is 0 Å². The summed E-state index contributed by atoms with van der Waals surface area (Å²) in [6, 6.07) is 6.10. The maximum absolute atomic E-state index is 5.58. The SMILES string of the molecule is [B]C([B])Oc1cc(NC)ccc1CN1CC(C)CC(C)C1. The molecule has 0 aliphatic carbocycles. The molecular formula is C16H24B2N2O. The summed E-state index contributed by atoms with van der Waals surface area (Å²) in [7, 11) is 13.1. The van der Waals surface area contributed by atoms with Gasteiger partial charge in [-0.15, -0.1) is 0 Å². The molecule has 1 aromatic rings. The lowest BCUT2D eigenvalue weighted by Gasteiger charge is -2.35. The average Bonchev–Trinajstić information content (AvgIpc) is 2.39. The van der Waals surface area contributed by atoms with Crippen LogP contribution in [0, 0.1) is 11.8 Å². The van der Waals surface area contributed by atoms with Crippen molar-refractivity contribution in [3.63, 3.8) is 0 Å². The van der Waals surface area contributed by atoms with Gasteiger partial charge in [0.2, 0.25) is 0 Å². The Labute approximate surface area is 131 Å². The van der Waals surface area contributed by atoms with Gasteiger partial charge in [0.1, 0.15) is 21.4 Å². The van der Waals surface area contributed by atoms with Gasteiger partial charge in [0.05, 0.1) is 0 Å². The molecule has 0 aromatic heterocycles. The van der Waals surface area contributed by atoms with Crippen molar-refractivity contribution < 1.29 is 4.74 Å². The third-order valence-electron chi connectivity index (χ3n) is 3.96. The second-order valence-electron chi connectivity index (χ2n) is 6.30. The zero-order chi connectivity index (χ0) is 15.4. The maximum atomic E-state index is 5.58. The highest BCUT2D eigenvalue weighted by molar-refractivity contribution is 6.34. The van der Waals surface area contributed by atoms with Gasteiger partial charge in [-0.05, 0) is 24.3 Å². The molecule has 2 atom stereocenters. The van der Waals surface area contributed by atoms with Gasteiger partial charge >= 0.3 is 0 Å². The molecule has 0 saturated carbocycles. The quantitative estimate of drug-likeness (QED) is 0.838. The van der Waals surface area contributed by atoms with Gasteiger partial charge in [-0.25, -0.2) is 0 Å². The van der Waals surface area contributed by atoms with E-state index in [2.05, 4.69) is 36.2 Å². The summed E-state index contributed by atoms with van der Waals surface area (Å²) in [6.07, 6.45) is 1.31. The number of nitrogens with zero attached hydrogens (tertiary/aromatic N) is 1. The van der Waals surface area contributed by atoms with Crippen LogP contribution in [0.2, 0.25) is 0 Å².